The first-order valence-electron chi connectivity index (χ1n) is 5.38. The van der Waals surface area contributed by atoms with Crippen molar-refractivity contribution in [3.8, 4) is 11.1 Å². The molecule has 0 spiro atoms. The highest BCUT2D eigenvalue weighted by Crippen LogP contribution is 2.31. The van der Waals surface area contributed by atoms with Gasteiger partial charge in [0.05, 0.1) is 10.5 Å². The van der Waals surface area contributed by atoms with E-state index in [0.29, 0.717) is 15.7 Å². The number of hydrogen-bond acceptors (Lipinski definition) is 4. The number of nitrogens with zero attached hydrogens (tertiary/aromatic N) is 3. The molecule has 0 unspecified atom stereocenters. The van der Waals surface area contributed by atoms with E-state index in [4.69, 9.17) is 0 Å². The molecule has 0 saturated heterocycles. The van der Waals surface area contributed by atoms with E-state index < -0.39 is 4.92 Å². The molecule has 6 nitrogen and oxygen atoms in total. The Balaban J connectivity index is 2.24. The van der Waals surface area contributed by atoms with Crippen LogP contribution in [0.2, 0.25) is 0 Å². The van der Waals surface area contributed by atoms with E-state index in [0.717, 1.165) is 11.0 Å². The molecule has 0 aromatic carbocycles. The molecule has 0 fully saturated rings. The topological polar surface area (TPSA) is 84.7 Å². The molecule has 7 heteroatoms. The summed E-state index contributed by atoms with van der Waals surface area (Å²) in [5.41, 5.74) is 1.88. The molecule has 3 rings (SSSR count). The number of nitrogens with one attached hydrogen (secondary N) is 1. The molecule has 3 aromatic rings. The second-order valence-corrected chi connectivity index (χ2v) is 4.73. The summed E-state index contributed by atoms with van der Waals surface area (Å²) in [6.07, 6.45) is 4.62. The maximum absolute atomic E-state index is 11.0. The molecule has 0 atom stereocenters. The molecule has 0 aliphatic carbocycles. The van der Waals surface area contributed by atoms with Gasteiger partial charge in [0.25, 0.3) is 5.69 Å². The molecule has 0 aliphatic heterocycles. The monoisotopic (exact) mass is 318 g/mol. The fourth-order valence-corrected chi connectivity index (χ4v) is 2.22. The quantitative estimate of drug-likeness (QED) is 0.446. The van der Waals surface area contributed by atoms with E-state index in [1.165, 1.54) is 6.20 Å². The van der Waals surface area contributed by atoms with Crippen molar-refractivity contribution >= 4 is 32.7 Å². The normalized spacial score (nSPS) is 10.8. The van der Waals surface area contributed by atoms with Crippen LogP contribution in [0.5, 0.6) is 0 Å². The van der Waals surface area contributed by atoms with Gasteiger partial charge in [-0.15, -0.1) is 0 Å². The third-order valence-electron chi connectivity index (χ3n) is 2.76. The number of fused-ring (bicyclic) bond motifs is 1. The molecule has 1 N–H and O–H groups in total. The van der Waals surface area contributed by atoms with Gasteiger partial charge in [0.1, 0.15) is 16.4 Å². The Morgan fingerprint density at radius 1 is 1.26 bits per heavy atom. The van der Waals surface area contributed by atoms with Crippen LogP contribution in [0, 0.1) is 10.1 Å². The molecule has 0 amide bonds. The van der Waals surface area contributed by atoms with E-state index in [2.05, 4.69) is 30.9 Å². The molecule has 3 aromatic heterocycles. The maximum atomic E-state index is 11.0. The van der Waals surface area contributed by atoms with E-state index in [1.54, 1.807) is 18.5 Å². The summed E-state index contributed by atoms with van der Waals surface area (Å²) in [6.45, 7) is 0. The number of rotatable bonds is 2. The van der Waals surface area contributed by atoms with E-state index in [-0.39, 0.29) is 5.69 Å². The van der Waals surface area contributed by atoms with Gasteiger partial charge in [0.15, 0.2) is 0 Å². The van der Waals surface area contributed by atoms with Crippen molar-refractivity contribution in [2.75, 3.05) is 0 Å². The van der Waals surface area contributed by atoms with Crippen molar-refractivity contribution < 1.29 is 4.92 Å². The fourth-order valence-electron chi connectivity index (χ4n) is 1.89. The third-order valence-corrected chi connectivity index (χ3v) is 3.19. The Bertz CT molecular complexity index is 784. The SMILES string of the molecule is O=[N+]([O-])c1cnc(Br)cc1-c1cnc2[nH]ccc2c1. The molecule has 0 radical (unpaired) electrons. The molecule has 94 valence electrons. The standard InChI is InChI=1S/C12H7BrN4O2/c13-11-4-9(10(6-15-11)17(18)19)8-3-7-1-2-14-12(7)16-5-8/h1-6H,(H,14,16). The van der Waals surface area contributed by atoms with Gasteiger partial charge in [0.2, 0.25) is 0 Å². The second-order valence-electron chi connectivity index (χ2n) is 3.92. The van der Waals surface area contributed by atoms with Gasteiger partial charge in [-0.05, 0) is 34.1 Å². The lowest BCUT2D eigenvalue weighted by molar-refractivity contribution is -0.384. The Hall–Kier alpha value is -2.28. The first kappa shape index (κ1) is 11.8. The van der Waals surface area contributed by atoms with E-state index in [9.17, 15) is 10.1 Å². The highest BCUT2D eigenvalue weighted by atomic mass is 79.9. The number of aromatic nitrogens is 3. The average Bonchev–Trinajstić information content (AvgIpc) is 2.85. The van der Waals surface area contributed by atoms with Gasteiger partial charge >= 0.3 is 0 Å². The largest absolute Gasteiger partial charge is 0.346 e. The summed E-state index contributed by atoms with van der Waals surface area (Å²) in [5.74, 6) is 0. The lowest BCUT2D eigenvalue weighted by Gasteiger charge is -2.03. The van der Waals surface area contributed by atoms with Gasteiger partial charge in [-0.1, -0.05) is 0 Å². The molecule has 0 bridgehead atoms. The van der Waals surface area contributed by atoms with Crippen LogP contribution in [0.3, 0.4) is 0 Å². The minimum Gasteiger partial charge on any atom is -0.346 e. The Morgan fingerprint density at radius 3 is 2.89 bits per heavy atom. The van der Waals surface area contributed by atoms with Crippen molar-refractivity contribution in [3.63, 3.8) is 0 Å². The van der Waals surface area contributed by atoms with E-state index >= 15 is 0 Å². The Kier molecular flexibility index (Phi) is 2.75. The lowest BCUT2D eigenvalue weighted by atomic mass is 10.1. The molecule has 3 heterocycles. The zero-order valence-corrected chi connectivity index (χ0v) is 11.1. The number of pyridine rings is 2. The van der Waals surface area contributed by atoms with Gasteiger partial charge in [-0.2, -0.15) is 0 Å². The number of halogens is 1. The highest BCUT2D eigenvalue weighted by molar-refractivity contribution is 9.10. The third kappa shape index (κ3) is 2.08. The van der Waals surface area contributed by atoms with Crippen LogP contribution in [0.15, 0.2) is 41.4 Å². The van der Waals surface area contributed by atoms with Crippen molar-refractivity contribution in [1.82, 2.24) is 15.0 Å². The molecule has 0 aliphatic rings. The summed E-state index contributed by atoms with van der Waals surface area (Å²) in [5, 5.41) is 11.9. The zero-order valence-electron chi connectivity index (χ0n) is 9.50. The van der Waals surface area contributed by atoms with E-state index in [1.807, 2.05) is 12.1 Å². The molecular formula is C12H7BrN4O2. The van der Waals surface area contributed by atoms with Crippen molar-refractivity contribution in [3.05, 3.63) is 51.5 Å². The zero-order chi connectivity index (χ0) is 13.4. The van der Waals surface area contributed by atoms with Crippen LogP contribution >= 0.6 is 15.9 Å². The maximum Gasteiger partial charge on any atom is 0.295 e. The molecular weight excluding hydrogens is 312 g/mol. The minimum absolute atomic E-state index is 0.0418. The predicted molar refractivity (Wildman–Crippen MR) is 73.7 cm³/mol. The fraction of sp³-hybridized carbons (Fsp3) is 0. The van der Waals surface area contributed by atoms with Gasteiger partial charge in [-0.25, -0.2) is 9.97 Å². The predicted octanol–water partition coefficient (Wildman–Crippen LogP) is 3.30. The van der Waals surface area contributed by atoms with Gasteiger partial charge in [0, 0.05) is 23.3 Å². The summed E-state index contributed by atoms with van der Waals surface area (Å²) < 4.78 is 0.544. The number of H-pyrrole nitrogens is 1. The smallest absolute Gasteiger partial charge is 0.295 e. The van der Waals surface area contributed by atoms with Crippen molar-refractivity contribution in [2.24, 2.45) is 0 Å². The summed E-state index contributed by atoms with van der Waals surface area (Å²) >= 11 is 3.22. The number of nitro groups is 1. The molecule has 0 saturated carbocycles. The Labute approximate surface area is 115 Å². The lowest BCUT2D eigenvalue weighted by Crippen LogP contribution is -1.94. The Morgan fingerprint density at radius 2 is 2.11 bits per heavy atom. The average molecular weight is 319 g/mol. The van der Waals surface area contributed by atoms with Crippen LogP contribution in [-0.2, 0) is 0 Å². The number of aromatic amines is 1. The van der Waals surface area contributed by atoms with Crippen LogP contribution in [0.4, 0.5) is 5.69 Å². The van der Waals surface area contributed by atoms with Crippen LogP contribution in [-0.4, -0.2) is 19.9 Å². The van der Waals surface area contributed by atoms with Crippen LogP contribution in [0.25, 0.3) is 22.2 Å². The highest BCUT2D eigenvalue weighted by Gasteiger charge is 2.17. The van der Waals surface area contributed by atoms with Crippen molar-refractivity contribution in [2.45, 2.75) is 0 Å². The van der Waals surface area contributed by atoms with Crippen LogP contribution in [0.1, 0.15) is 0 Å². The number of hydrogen-bond donors (Lipinski definition) is 1. The van der Waals surface area contributed by atoms with Gasteiger partial charge < -0.3 is 4.98 Å². The molecule has 19 heavy (non-hydrogen) atoms. The summed E-state index contributed by atoms with van der Waals surface area (Å²) in [6, 6.07) is 5.34. The van der Waals surface area contributed by atoms with Crippen LogP contribution < -0.4 is 0 Å². The first-order valence-corrected chi connectivity index (χ1v) is 6.18. The minimum atomic E-state index is -0.448. The van der Waals surface area contributed by atoms with Gasteiger partial charge in [-0.3, -0.25) is 10.1 Å². The van der Waals surface area contributed by atoms with Crippen molar-refractivity contribution in [1.29, 1.82) is 0 Å². The first-order chi connectivity index (χ1) is 9.15. The summed E-state index contributed by atoms with van der Waals surface area (Å²) in [4.78, 5) is 21.7. The summed E-state index contributed by atoms with van der Waals surface area (Å²) in [7, 11) is 0. The second kappa shape index (κ2) is 4.43.